The molecule has 0 bridgehead atoms. The fraction of sp³-hybridized carbons (Fsp3) is 0.867. The third kappa shape index (κ3) is 4.78. The maximum atomic E-state index is 12.5. The first kappa shape index (κ1) is 17.0. The fourth-order valence-electron chi connectivity index (χ4n) is 2.77. The molecule has 0 aromatic rings. The van der Waals surface area contributed by atoms with Crippen molar-refractivity contribution in [1.29, 1.82) is 0 Å². The minimum Gasteiger partial charge on any atom is -0.480 e. The second-order valence-corrected chi connectivity index (χ2v) is 6.26. The van der Waals surface area contributed by atoms with Crippen molar-refractivity contribution >= 4 is 11.9 Å². The number of nitrogens with zero attached hydrogens (tertiary/aromatic N) is 2. The number of carboxylic acid groups (broad SMARTS) is 1. The van der Waals surface area contributed by atoms with Gasteiger partial charge in [-0.2, -0.15) is 0 Å². The topological polar surface area (TPSA) is 60.9 Å². The van der Waals surface area contributed by atoms with Gasteiger partial charge >= 0.3 is 5.97 Å². The van der Waals surface area contributed by atoms with E-state index in [0.717, 1.165) is 32.5 Å². The highest BCUT2D eigenvalue weighted by Crippen LogP contribution is 2.21. The van der Waals surface area contributed by atoms with Crippen molar-refractivity contribution in [2.24, 2.45) is 11.8 Å². The number of carbonyl (C=O) groups is 2. The molecule has 1 rings (SSSR count). The van der Waals surface area contributed by atoms with Crippen LogP contribution in [0.3, 0.4) is 0 Å². The minimum absolute atomic E-state index is 0.00741. The summed E-state index contributed by atoms with van der Waals surface area (Å²) < 4.78 is 0. The fourth-order valence-corrected chi connectivity index (χ4v) is 2.77. The van der Waals surface area contributed by atoms with Crippen molar-refractivity contribution in [2.75, 3.05) is 26.2 Å². The molecule has 1 saturated heterocycles. The predicted molar refractivity (Wildman–Crippen MR) is 78.5 cm³/mol. The number of carboxylic acids is 1. The first-order valence-corrected chi connectivity index (χ1v) is 7.59. The summed E-state index contributed by atoms with van der Waals surface area (Å²) in [7, 11) is 0. The van der Waals surface area contributed by atoms with Crippen molar-refractivity contribution < 1.29 is 14.7 Å². The predicted octanol–water partition coefficient (Wildman–Crippen LogP) is 1.68. The van der Waals surface area contributed by atoms with Gasteiger partial charge in [0.05, 0.1) is 5.92 Å². The normalized spacial score (nSPS) is 21.1. The lowest BCUT2D eigenvalue weighted by Gasteiger charge is -2.29. The second kappa shape index (κ2) is 7.62. The maximum Gasteiger partial charge on any atom is 0.323 e. The highest BCUT2D eigenvalue weighted by molar-refractivity contribution is 5.83. The highest BCUT2D eigenvalue weighted by Gasteiger charge is 2.33. The van der Waals surface area contributed by atoms with Gasteiger partial charge < -0.3 is 14.9 Å². The van der Waals surface area contributed by atoms with Gasteiger partial charge in [0, 0.05) is 19.1 Å². The van der Waals surface area contributed by atoms with E-state index in [9.17, 15) is 9.59 Å². The van der Waals surface area contributed by atoms with Crippen molar-refractivity contribution in [2.45, 2.75) is 46.6 Å². The molecule has 1 aliphatic heterocycles. The molecule has 1 heterocycles. The largest absolute Gasteiger partial charge is 0.480 e. The summed E-state index contributed by atoms with van der Waals surface area (Å²) in [5.74, 6) is -0.376. The van der Waals surface area contributed by atoms with Crippen LogP contribution in [0.2, 0.25) is 0 Å². The summed E-state index contributed by atoms with van der Waals surface area (Å²) >= 11 is 0. The Morgan fingerprint density at radius 1 is 1.35 bits per heavy atom. The molecule has 116 valence electrons. The van der Waals surface area contributed by atoms with E-state index in [-0.39, 0.29) is 24.4 Å². The van der Waals surface area contributed by atoms with Crippen molar-refractivity contribution in [3.8, 4) is 0 Å². The molecule has 0 aliphatic carbocycles. The molecule has 1 amide bonds. The van der Waals surface area contributed by atoms with Crippen LogP contribution in [0.4, 0.5) is 0 Å². The molecule has 0 aromatic heterocycles. The molecule has 2 unspecified atom stereocenters. The van der Waals surface area contributed by atoms with E-state index in [1.807, 2.05) is 13.8 Å². The SMILES string of the molecule is CCC(C)N(CC(=O)O)C(=O)C1CCN(CC(C)C)C1. The Hall–Kier alpha value is -1.10. The third-order valence-electron chi connectivity index (χ3n) is 3.96. The van der Waals surface area contributed by atoms with Gasteiger partial charge in [0.1, 0.15) is 6.54 Å². The first-order valence-electron chi connectivity index (χ1n) is 7.59. The summed E-state index contributed by atoms with van der Waals surface area (Å²) in [5, 5.41) is 8.99. The van der Waals surface area contributed by atoms with Crippen LogP contribution in [-0.2, 0) is 9.59 Å². The summed E-state index contributed by atoms with van der Waals surface area (Å²) in [6, 6.07) is -0.0160. The third-order valence-corrected chi connectivity index (χ3v) is 3.96. The van der Waals surface area contributed by atoms with Crippen LogP contribution in [0, 0.1) is 11.8 Å². The molecular weight excluding hydrogens is 256 g/mol. The molecule has 0 aromatic carbocycles. The van der Waals surface area contributed by atoms with Crippen LogP contribution in [-0.4, -0.2) is 59.0 Å². The Morgan fingerprint density at radius 2 is 2.00 bits per heavy atom. The van der Waals surface area contributed by atoms with Crippen LogP contribution in [0.25, 0.3) is 0 Å². The van der Waals surface area contributed by atoms with Gasteiger partial charge in [-0.3, -0.25) is 9.59 Å². The zero-order chi connectivity index (χ0) is 15.3. The van der Waals surface area contributed by atoms with Gasteiger partial charge in [0.25, 0.3) is 0 Å². The number of rotatable bonds is 7. The number of aliphatic carboxylic acids is 1. The smallest absolute Gasteiger partial charge is 0.323 e. The molecule has 2 atom stereocenters. The van der Waals surface area contributed by atoms with Crippen molar-refractivity contribution in [3.05, 3.63) is 0 Å². The zero-order valence-electron chi connectivity index (χ0n) is 13.1. The summed E-state index contributed by atoms with van der Waals surface area (Å²) in [6.45, 7) is 10.8. The Bertz CT molecular complexity index is 344. The van der Waals surface area contributed by atoms with Gasteiger partial charge in [0.15, 0.2) is 0 Å². The van der Waals surface area contributed by atoms with E-state index in [2.05, 4.69) is 18.7 Å². The van der Waals surface area contributed by atoms with Crippen LogP contribution < -0.4 is 0 Å². The van der Waals surface area contributed by atoms with E-state index in [1.54, 1.807) is 0 Å². The monoisotopic (exact) mass is 284 g/mol. The number of carbonyl (C=O) groups excluding carboxylic acids is 1. The summed E-state index contributed by atoms with van der Waals surface area (Å²) in [6.07, 6.45) is 1.62. The van der Waals surface area contributed by atoms with Gasteiger partial charge in [-0.1, -0.05) is 20.8 Å². The average Bonchev–Trinajstić information content (AvgIpc) is 2.81. The molecule has 1 N–H and O–H groups in total. The standard InChI is InChI=1S/C15H28N2O3/c1-5-12(4)17(10-14(18)19)15(20)13-6-7-16(9-13)8-11(2)3/h11-13H,5-10H2,1-4H3,(H,18,19). The highest BCUT2D eigenvalue weighted by atomic mass is 16.4. The molecule has 0 spiro atoms. The van der Waals surface area contributed by atoms with E-state index in [4.69, 9.17) is 5.11 Å². The van der Waals surface area contributed by atoms with Gasteiger partial charge in [-0.25, -0.2) is 0 Å². The number of hydrogen-bond acceptors (Lipinski definition) is 3. The minimum atomic E-state index is -0.935. The van der Waals surface area contributed by atoms with E-state index in [0.29, 0.717) is 5.92 Å². The molecule has 5 nitrogen and oxygen atoms in total. The maximum absolute atomic E-state index is 12.5. The molecule has 5 heteroatoms. The number of hydrogen-bond donors (Lipinski definition) is 1. The lowest BCUT2D eigenvalue weighted by Crippen LogP contribution is -2.45. The van der Waals surface area contributed by atoms with Crippen LogP contribution in [0.5, 0.6) is 0 Å². The Balaban J connectivity index is 2.64. The van der Waals surface area contributed by atoms with Crippen LogP contribution in [0.15, 0.2) is 0 Å². The quantitative estimate of drug-likeness (QED) is 0.772. The summed E-state index contributed by atoms with van der Waals surface area (Å²) in [4.78, 5) is 27.3. The molecule has 1 fully saturated rings. The molecule has 20 heavy (non-hydrogen) atoms. The first-order chi connectivity index (χ1) is 9.35. The second-order valence-electron chi connectivity index (χ2n) is 6.26. The number of likely N-dealkylation sites (tertiary alicyclic amines) is 1. The van der Waals surface area contributed by atoms with Crippen LogP contribution in [0.1, 0.15) is 40.5 Å². The molecule has 0 radical (unpaired) electrons. The van der Waals surface area contributed by atoms with Gasteiger partial charge in [0.2, 0.25) is 5.91 Å². The van der Waals surface area contributed by atoms with Crippen molar-refractivity contribution in [3.63, 3.8) is 0 Å². The average molecular weight is 284 g/mol. The van der Waals surface area contributed by atoms with E-state index in [1.165, 1.54) is 4.90 Å². The van der Waals surface area contributed by atoms with Crippen molar-refractivity contribution in [1.82, 2.24) is 9.80 Å². The van der Waals surface area contributed by atoms with E-state index >= 15 is 0 Å². The van der Waals surface area contributed by atoms with E-state index < -0.39 is 5.97 Å². The number of amides is 1. The zero-order valence-corrected chi connectivity index (χ0v) is 13.1. The van der Waals surface area contributed by atoms with Gasteiger partial charge in [-0.15, -0.1) is 0 Å². The Morgan fingerprint density at radius 3 is 2.50 bits per heavy atom. The Labute approximate surface area is 121 Å². The Kier molecular flexibility index (Phi) is 6.46. The molecule has 1 aliphatic rings. The lowest BCUT2D eigenvalue weighted by molar-refractivity contribution is -0.148. The summed E-state index contributed by atoms with van der Waals surface area (Å²) in [5.41, 5.74) is 0. The lowest BCUT2D eigenvalue weighted by atomic mass is 10.1. The molecular formula is C15H28N2O3. The molecule has 0 saturated carbocycles. The van der Waals surface area contributed by atoms with Gasteiger partial charge in [-0.05, 0) is 32.2 Å². The van der Waals surface area contributed by atoms with Crippen LogP contribution >= 0.6 is 0 Å².